The topological polar surface area (TPSA) is 63.0 Å². The molecule has 1 aliphatic rings. The molecular formula is C20H24N2O4. The van der Waals surface area contributed by atoms with Gasteiger partial charge in [0, 0.05) is 32.6 Å². The van der Waals surface area contributed by atoms with Crippen LogP contribution in [-0.2, 0) is 11.2 Å². The number of rotatable bonds is 7. The van der Waals surface area contributed by atoms with Gasteiger partial charge < -0.3 is 14.1 Å². The van der Waals surface area contributed by atoms with Crippen molar-refractivity contribution >= 4 is 11.7 Å². The van der Waals surface area contributed by atoms with E-state index in [9.17, 15) is 9.59 Å². The Morgan fingerprint density at radius 1 is 1.08 bits per heavy atom. The van der Waals surface area contributed by atoms with Crippen LogP contribution in [0.1, 0.15) is 22.5 Å². The highest BCUT2D eigenvalue weighted by Gasteiger charge is 2.23. The second-order valence-corrected chi connectivity index (χ2v) is 6.41. The van der Waals surface area contributed by atoms with Gasteiger partial charge in [-0.3, -0.25) is 14.5 Å². The lowest BCUT2D eigenvalue weighted by Gasteiger charge is -2.34. The Morgan fingerprint density at radius 2 is 1.81 bits per heavy atom. The quantitative estimate of drug-likeness (QED) is 0.712. The van der Waals surface area contributed by atoms with Crippen LogP contribution in [0.5, 0.6) is 5.75 Å². The Morgan fingerprint density at radius 3 is 2.42 bits per heavy atom. The van der Waals surface area contributed by atoms with E-state index in [1.807, 2.05) is 29.2 Å². The molecule has 138 valence electrons. The molecule has 0 atom stereocenters. The first-order valence-electron chi connectivity index (χ1n) is 8.85. The minimum atomic E-state index is -0.0192. The van der Waals surface area contributed by atoms with Gasteiger partial charge in [0.15, 0.2) is 5.76 Å². The van der Waals surface area contributed by atoms with Crippen LogP contribution in [0, 0.1) is 0 Å². The van der Waals surface area contributed by atoms with E-state index in [4.69, 9.17) is 9.15 Å². The number of piperazine rings is 1. The van der Waals surface area contributed by atoms with Crippen LogP contribution in [0.25, 0.3) is 0 Å². The van der Waals surface area contributed by atoms with Crippen LogP contribution in [0.15, 0.2) is 47.1 Å². The van der Waals surface area contributed by atoms with Gasteiger partial charge in [0.1, 0.15) is 5.75 Å². The molecule has 0 saturated carbocycles. The van der Waals surface area contributed by atoms with Gasteiger partial charge in [-0.1, -0.05) is 12.1 Å². The minimum absolute atomic E-state index is 0.0192. The van der Waals surface area contributed by atoms with E-state index < -0.39 is 0 Å². The minimum Gasteiger partial charge on any atom is -0.497 e. The number of amides is 1. The van der Waals surface area contributed by atoms with Crippen LogP contribution in [-0.4, -0.2) is 61.3 Å². The molecule has 1 fully saturated rings. The number of carbonyl (C=O) groups excluding carboxylic acids is 2. The van der Waals surface area contributed by atoms with E-state index in [1.165, 1.54) is 6.26 Å². The summed E-state index contributed by atoms with van der Waals surface area (Å²) in [5, 5.41) is 0. The van der Waals surface area contributed by atoms with Gasteiger partial charge >= 0.3 is 0 Å². The number of benzene rings is 1. The van der Waals surface area contributed by atoms with E-state index in [1.54, 1.807) is 19.2 Å². The molecule has 1 amide bonds. The Balaban J connectivity index is 1.41. The average molecular weight is 356 g/mol. The van der Waals surface area contributed by atoms with E-state index in [0.29, 0.717) is 44.9 Å². The van der Waals surface area contributed by atoms with Crippen LogP contribution >= 0.6 is 0 Å². The molecule has 1 saturated heterocycles. The van der Waals surface area contributed by atoms with E-state index >= 15 is 0 Å². The highest BCUT2D eigenvalue weighted by Crippen LogP contribution is 2.14. The third kappa shape index (κ3) is 4.73. The van der Waals surface area contributed by atoms with Crippen LogP contribution in [0.3, 0.4) is 0 Å². The molecule has 2 heterocycles. The van der Waals surface area contributed by atoms with Crippen molar-refractivity contribution in [2.45, 2.75) is 12.8 Å². The fourth-order valence-corrected chi connectivity index (χ4v) is 3.08. The van der Waals surface area contributed by atoms with Crippen LogP contribution < -0.4 is 4.74 Å². The Hall–Kier alpha value is -2.60. The van der Waals surface area contributed by atoms with Gasteiger partial charge in [-0.25, -0.2) is 0 Å². The van der Waals surface area contributed by atoms with Gasteiger partial charge in [0.05, 0.1) is 19.9 Å². The molecular weight excluding hydrogens is 332 g/mol. The summed E-state index contributed by atoms with van der Waals surface area (Å²) in [5.74, 6) is 1.36. The Kier molecular flexibility index (Phi) is 6.07. The van der Waals surface area contributed by atoms with Crippen molar-refractivity contribution < 1.29 is 18.7 Å². The van der Waals surface area contributed by atoms with Crippen molar-refractivity contribution in [1.82, 2.24) is 9.80 Å². The summed E-state index contributed by atoms with van der Waals surface area (Å²) >= 11 is 0. The molecule has 6 nitrogen and oxygen atoms in total. The normalized spacial score (nSPS) is 15.0. The maximum Gasteiger partial charge on any atom is 0.222 e. The van der Waals surface area contributed by atoms with Crippen molar-refractivity contribution in [3.8, 4) is 5.75 Å². The monoisotopic (exact) mass is 356 g/mol. The molecule has 2 aromatic rings. The predicted octanol–water partition coefficient (Wildman–Crippen LogP) is 2.25. The third-order valence-electron chi connectivity index (χ3n) is 4.67. The molecule has 0 radical (unpaired) electrons. The molecule has 0 unspecified atom stereocenters. The molecule has 1 aromatic carbocycles. The number of methoxy groups -OCH3 is 1. The zero-order chi connectivity index (χ0) is 18.4. The van der Waals surface area contributed by atoms with Crippen molar-refractivity contribution in [2.24, 2.45) is 0 Å². The van der Waals surface area contributed by atoms with E-state index in [-0.39, 0.29) is 11.7 Å². The second kappa shape index (κ2) is 8.67. The van der Waals surface area contributed by atoms with Gasteiger partial charge in [0.2, 0.25) is 11.7 Å². The van der Waals surface area contributed by atoms with Crippen molar-refractivity contribution in [3.05, 3.63) is 54.0 Å². The number of aryl methyl sites for hydroxylation is 1. The summed E-state index contributed by atoms with van der Waals surface area (Å²) < 4.78 is 10.3. The predicted molar refractivity (Wildman–Crippen MR) is 97.4 cm³/mol. The van der Waals surface area contributed by atoms with Crippen LogP contribution in [0.2, 0.25) is 0 Å². The SMILES string of the molecule is COc1ccc(CCC(=O)N2CCN(CC(=O)c3ccco3)CC2)cc1. The smallest absolute Gasteiger partial charge is 0.222 e. The molecule has 0 spiro atoms. The largest absolute Gasteiger partial charge is 0.497 e. The molecule has 6 heteroatoms. The van der Waals surface area contributed by atoms with Gasteiger partial charge in [-0.15, -0.1) is 0 Å². The summed E-state index contributed by atoms with van der Waals surface area (Å²) in [5.41, 5.74) is 1.13. The third-order valence-corrected chi connectivity index (χ3v) is 4.67. The number of ether oxygens (including phenoxy) is 1. The van der Waals surface area contributed by atoms with Gasteiger partial charge in [0.25, 0.3) is 0 Å². The summed E-state index contributed by atoms with van der Waals surface area (Å²) in [6.45, 7) is 3.07. The molecule has 0 bridgehead atoms. The zero-order valence-electron chi connectivity index (χ0n) is 15.0. The zero-order valence-corrected chi connectivity index (χ0v) is 15.0. The average Bonchev–Trinajstić information content (AvgIpc) is 3.22. The highest BCUT2D eigenvalue weighted by molar-refractivity contribution is 5.95. The van der Waals surface area contributed by atoms with Gasteiger partial charge in [-0.05, 0) is 36.2 Å². The lowest BCUT2D eigenvalue weighted by molar-refractivity contribution is -0.132. The number of carbonyl (C=O) groups is 2. The summed E-state index contributed by atoms with van der Waals surface area (Å²) in [6.07, 6.45) is 2.73. The molecule has 1 aliphatic heterocycles. The molecule has 0 aliphatic carbocycles. The maximum atomic E-state index is 12.4. The summed E-state index contributed by atoms with van der Waals surface area (Å²) in [7, 11) is 1.64. The first-order valence-corrected chi connectivity index (χ1v) is 8.85. The standard InChI is InChI=1S/C20H24N2O4/c1-25-17-7-4-16(5-8-17)6-9-20(24)22-12-10-21(11-13-22)15-18(23)19-3-2-14-26-19/h2-5,7-8,14H,6,9-13,15H2,1H3. The highest BCUT2D eigenvalue weighted by atomic mass is 16.5. The Bertz CT molecular complexity index is 717. The lowest BCUT2D eigenvalue weighted by atomic mass is 10.1. The van der Waals surface area contributed by atoms with Crippen molar-refractivity contribution in [3.63, 3.8) is 0 Å². The van der Waals surface area contributed by atoms with Crippen molar-refractivity contribution in [2.75, 3.05) is 39.8 Å². The first kappa shape index (κ1) is 18.2. The summed E-state index contributed by atoms with van der Waals surface area (Å²) in [6, 6.07) is 11.2. The summed E-state index contributed by atoms with van der Waals surface area (Å²) in [4.78, 5) is 28.4. The molecule has 3 rings (SSSR count). The first-order chi connectivity index (χ1) is 12.7. The molecule has 1 aromatic heterocycles. The second-order valence-electron chi connectivity index (χ2n) is 6.41. The van der Waals surface area contributed by atoms with E-state index in [0.717, 1.165) is 17.7 Å². The molecule has 26 heavy (non-hydrogen) atoms. The fraction of sp³-hybridized carbons (Fsp3) is 0.400. The maximum absolute atomic E-state index is 12.4. The number of hydrogen-bond donors (Lipinski definition) is 0. The van der Waals surface area contributed by atoms with E-state index in [2.05, 4.69) is 4.90 Å². The van der Waals surface area contributed by atoms with Crippen LogP contribution in [0.4, 0.5) is 0 Å². The number of Topliss-reactive ketones (excluding diaryl/α,β-unsaturated/α-hetero) is 1. The van der Waals surface area contributed by atoms with Crippen molar-refractivity contribution in [1.29, 1.82) is 0 Å². The number of nitrogens with zero attached hydrogens (tertiary/aromatic N) is 2. The number of furan rings is 1. The fourth-order valence-electron chi connectivity index (χ4n) is 3.08. The lowest BCUT2D eigenvalue weighted by Crippen LogP contribution is -2.49. The Labute approximate surface area is 153 Å². The number of hydrogen-bond acceptors (Lipinski definition) is 5. The molecule has 0 N–H and O–H groups in total. The van der Waals surface area contributed by atoms with Gasteiger partial charge in [-0.2, -0.15) is 0 Å². The number of ketones is 1.